The second-order valence-electron chi connectivity index (χ2n) is 4.89. The van der Waals surface area contributed by atoms with Gasteiger partial charge in [0.1, 0.15) is 5.75 Å². The Morgan fingerprint density at radius 1 is 1.50 bits per heavy atom. The van der Waals surface area contributed by atoms with E-state index in [2.05, 4.69) is 10.4 Å². The van der Waals surface area contributed by atoms with Crippen LogP contribution in [0.4, 0.5) is 0 Å². The highest BCUT2D eigenvalue weighted by Crippen LogP contribution is 2.29. The Morgan fingerprint density at radius 2 is 2.33 bits per heavy atom. The fourth-order valence-corrected chi connectivity index (χ4v) is 2.26. The topological polar surface area (TPSA) is 69.4 Å². The van der Waals surface area contributed by atoms with E-state index in [1.54, 1.807) is 6.20 Å². The predicted octanol–water partition coefficient (Wildman–Crippen LogP) is 1.41. The molecule has 0 aliphatic carbocycles. The van der Waals surface area contributed by atoms with Crippen molar-refractivity contribution in [3.8, 4) is 5.75 Å². The summed E-state index contributed by atoms with van der Waals surface area (Å²) in [4.78, 5) is 4.22. The molecule has 0 radical (unpaired) electrons. The second kappa shape index (κ2) is 6.13. The summed E-state index contributed by atoms with van der Waals surface area (Å²) >= 11 is 0. The Hall–Kier alpha value is -1.17. The lowest BCUT2D eigenvalue weighted by atomic mass is 9.94. The molecule has 1 aromatic heterocycles. The van der Waals surface area contributed by atoms with Crippen LogP contribution in [0.1, 0.15) is 31.9 Å². The van der Waals surface area contributed by atoms with E-state index in [9.17, 15) is 0 Å². The van der Waals surface area contributed by atoms with Gasteiger partial charge >= 0.3 is 0 Å². The van der Waals surface area contributed by atoms with E-state index in [1.807, 2.05) is 26.1 Å². The lowest BCUT2D eigenvalue weighted by Crippen LogP contribution is -2.34. The van der Waals surface area contributed by atoms with Crippen molar-refractivity contribution in [3.63, 3.8) is 0 Å². The first-order chi connectivity index (χ1) is 8.70. The van der Waals surface area contributed by atoms with Crippen LogP contribution in [0.3, 0.4) is 0 Å². The molecule has 0 bridgehead atoms. The summed E-state index contributed by atoms with van der Waals surface area (Å²) in [5, 5.41) is 0. The number of hydrogen-bond donors (Lipinski definition) is 2. The van der Waals surface area contributed by atoms with Crippen LogP contribution in [0.25, 0.3) is 0 Å². The van der Waals surface area contributed by atoms with Gasteiger partial charge in [-0.25, -0.2) is 0 Å². The fourth-order valence-electron chi connectivity index (χ4n) is 2.26. The van der Waals surface area contributed by atoms with Crippen LogP contribution in [0.2, 0.25) is 0 Å². The maximum Gasteiger partial charge on any atom is 0.138 e. The summed E-state index contributed by atoms with van der Waals surface area (Å²) in [7, 11) is 0. The molecule has 2 atom stereocenters. The Kier molecular flexibility index (Phi) is 4.52. The number of nitrogens with zero attached hydrogens (tertiary/aromatic N) is 1. The van der Waals surface area contributed by atoms with Gasteiger partial charge in [-0.1, -0.05) is 0 Å². The Balaban J connectivity index is 2.14. The van der Waals surface area contributed by atoms with E-state index in [4.69, 9.17) is 15.3 Å². The van der Waals surface area contributed by atoms with Gasteiger partial charge in [0.2, 0.25) is 0 Å². The minimum absolute atomic E-state index is 0.0655. The molecule has 2 unspecified atom stereocenters. The highest BCUT2D eigenvalue weighted by Gasteiger charge is 2.26. The molecule has 0 aromatic carbocycles. The molecule has 1 saturated heterocycles. The van der Waals surface area contributed by atoms with E-state index in [0.29, 0.717) is 5.92 Å². The first-order valence-corrected chi connectivity index (χ1v) is 6.36. The first-order valence-electron chi connectivity index (χ1n) is 6.36. The van der Waals surface area contributed by atoms with Crippen LogP contribution in [-0.4, -0.2) is 24.3 Å². The summed E-state index contributed by atoms with van der Waals surface area (Å²) in [6.07, 6.45) is 4.71. The van der Waals surface area contributed by atoms with Crippen molar-refractivity contribution in [1.29, 1.82) is 0 Å². The minimum Gasteiger partial charge on any atom is -0.489 e. The molecule has 3 N–H and O–H groups in total. The monoisotopic (exact) mass is 251 g/mol. The molecule has 2 heterocycles. The maximum atomic E-state index is 5.66. The number of pyridine rings is 1. The number of nitrogens with one attached hydrogen (secondary N) is 1. The van der Waals surface area contributed by atoms with Gasteiger partial charge in [0, 0.05) is 18.7 Å². The van der Waals surface area contributed by atoms with E-state index >= 15 is 0 Å². The highest BCUT2D eigenvalue weighted by molar-refractivity contribution is 5.26. The quantitative estimate of drug-likeness (QED) is 0.611. The summed E-state index contributed by atoms with van der Waals surface area (Å²) in [6.45, 7) is 5.54. The molecular weight excluding hydrogens is 230 g/mol. The number of aromatic nitrogens is 1. The number of hydrazine groups is 1. The fraction of sp³-hybridized carbons (Fsp3) is 0.615. The Bertz CT molecular complexity index is 378. The summed E-state index contributed by atoms with van der Waals surface area (Å²) in [5.74, 6) is 6.84. The van der Waals surface area contributed by atoms with E-state index in [1.165, 1.54) is 0 Å². The van der Waals surface area contributed by atoms with Gasteiger partial charge in [-0.2, -0.15) is 0 Å². The Morgan fingerprint density at radius 3 is 2.94 bits per heavy atom. The zero-order chi connectivity index (χ0) is 13.0. The van der Waals surface area contributed by atoms with Crippen molar-refractivity contribution in [1.82, 2.24) is 10.4 Å². The van der Waals surface area contributed by atoms with Crippen LogP contribution >= 0.6 is 0 Å². The lowest BCUT2D eigenvalue weighted by Gasteiger charge is -2.22. The standard InChI is InChI=1S/C13H21N3O2/c1-9(2)18-12-5-11(6-15-7-12)13(16-14)10-3-4-17-8-10/h5-7,9-10,13,16H,3-4,8,14H2,1-2H3. The van der Waals surface area contributed by atoms with Crippen LogP contribution in [0, 0.1) is 5.92 Å². The number of rotatable bonds is 5. The summed E-state index contributed by atoms with van der Waals surface area (Å²) in [6, 6.07) is 2.06. The molecular formula is C13H21N3O2. The van der Waals surface area contributed by atoms with Crippen LogP contribution in [0.5, 0.6) is 5.75 Å². The van der Waals surface area contributed by atoms with Gasteiger partial charge in [-0.05, 0) is 31.9 Å². The van der Waals surface area contributed by atoms with Crippen molar-refractivity contribution in [3.05, 3.63) is 24.0 Å². The zero-order valence-electron chi connectivity index (χ0n) is 10.9. The maximum absolute atomic E-state index is 5.66. The zero-order valence-corrected chi connectivity index (χ0v) is 10.9. The number of hydrogen-bond acceptors (Lipinski definition) is 5. The minimum atomic E-state index is 0.0655. The second-order valence-corrected chi connectivity index (χ2v) is 4.89. The average molecular weight is 251 g/mol. The molecule has 2 rings (SSSR count). The molecule has 0 spiro atoms. The molecule has 100 valence electrons. The third-order valence-electron chi connectivity index (χ3n) is 3.08. The highest BCUT2D eigenvalue weighted by atomic mass is 16.5. The smallest absolute Gasteiger partial charge is 0.138 e. The van der Waals surface area contributed by atoms with Crippen LogP contribution in [-0.2, 0) is 4.74 Å². The molecule has 1 aliphatic rings. The third-order valence-corrected chi connectivity index (χ3v) is 3.08. The van der Waals surface area contributed by atoms with Gasteiger partial charge in [-0.15, -0.1) is 0 Å². The van der Waals surface area contributed by atoms with Crippen molar-refractivity contribution < 1.29 is 9.47 Å². The molecule has 0 amide bonds. The van der Waals surface area contributed by atoms with Gasteiger partial charge in [-0.3, -0.25) is 16.3 Å². The molecule has 1 fully saturated rings. The van der Waals surface area contributed by atoms with E-state index in [-0.39, 0.29) is 12.1 Å². The number of ether oxygens (including phenoxy) is 2. The van der Waals surface area contributed by atoms with E-state index < -0.39 is 0 Å². The molecule has 18 heavy (non-hydrogen) atoms. The van der Waals surface area contributed by atoms with Crippen molar-refractivity contribution in [2.45, 2.75) is 32.4 Å². The third kappa shape index (κ3) is 3.19. The van der Waals surface area contributed by atoms with E-state index in [0.717, 1.165) is 30.9 Å². The van der Waals surface area contributed by atoms with Gasteiger partial charge in [0.05, 0.1) is 24.9 Å². The van der Waals surface area contributed by atoms with Crippen molar-refractivity contribution in [2.24, 2.45) is 11.8 Å². The number of nitrogens with two attached hydrogens (primary N) is 1. The normalized spacial score (nSPS) is 21.2. The molecule has 5 heteroatoms. The van der Waals surface area contributed by atoms with Crippen molar-refractivity contribution in [2.75, 3.05) is 13.2 Å². The van der Waals surface area contributed by atoms with Gasteiger partial charge in [0.15, 0.2) is 0 Å². The first kappa shape index (κ1) is 13.3. The molecule has 5 nitrogen and oxygen atoms in total. The molecule has 1 aromatic rings. The van der Waals surface area contributed by atoms with Crippen LogP contribution in [0.15, 0.2) is 18.5 Å². The predicted molar refractivity (Wildman–Crippen MR) is 69.0 cm³/mol. The summed E-state index contributed by atoms with van der Waals surface area (Å²) < 4.78 is 11.1. The van der Waals surface area contributed by atoms with Gasteiger partial charge in [0.25, 0.3) is 0 Å². The lowest BCUT2D eigenvalue weighted by molar-refractivity contribution is 0.176. The van der Waals surface area contributed by atoms with Crippen molar-refractivity contribution >= 4 is 0 Å². The molecule has 1 aliphatic heterocycles. The Labute approximate surface area is 108 Å². The SMILES string of the molecule is CC(C)Oc1cncc(C(NN)C2CCOC2)c1. The van der Waals surface area contributed by atoms with Gasteiger partial charge < -0.3 is 9.47 Å². The molecule has 0 saturated carbocycles. The summed E-state index contributed by atoms with van der Waals surface area (Å²) in [5.41, 5.74) is 3.91. The average Bonchev–Trinajstić information content (AvgIpc) is 2.83. The van der Waals surface area contributed by atoms with Crippen LogP contribution < -0.4 is 16.0 Å². The largest absolute Gasteiger partial charge is 0.489 e.